The first-order valence-electron chi connectivity index (χ1n) is 7.49. The lowest BCUT2D eigenvalue weighted by molar-refractivity contribution is -0.117. The average molecular weight is 284 g/mol. The second-order valence-corrected chi connectivity index (χ2v) is 5.85. The highest BCUT2D eigenvalue weighted by Gasteiger charge is 2.26. The number of carbonyl (C=O) groups excluding carboxylic acids is 2. The Labute approximate surface area is 124 Å². The zero-order valence-electron chi connectivity index (χ0n) is 12.3. The molecule has 1 aliphatic carbocycles. The van der Waals surface area contributed by atoms with Crippen LogP contribution in [0.3, 0.4) is 0 Å². The zero-order chi connectivity index (χ0) is 14.8. The van der Waals surface area contributed by atoms with Gasteiger partial charge in [-0.1, -0.05) is 23.8 Å². The summed E-state index contributed by atoms with van der Waals surface area (Å²) in [5, 5.41) is 3.00. The summed E-state index contributed by atoms with van der Waals surface area (Å²) in [6, 6.07) is 8.00. The summed E-state index contributed by atoms with van der Waals surface area (Å²) >= 11 is 0. The number of hydrogen-bond acceptors (Lipinski definition) is 2. The van der Waals surface area contributed by atoms with Gasteiger partial charge >= 0.3 is 0 Å². The van der Waals surface area contributed by atoms with Crippen LogP contribution in [0.4, 0.5) is 0 Å². The lowest BCUT2D eigenvalue weighted by Crippen LogP contribution is -2.38. The monoisotopic (exact) mass is 284 g/mol. The van der Waals surface area contributed by atoms with E-state index in [2.05, 4.69) is 5.32 Å². The maximum absolute atomic E-state index is 12.4. The normalized spacial score (nSPS) is 18.1. The Bertz CT molecular complexity index is 603. The molecule has 0 atom stereocenters. The van der Waals surface area contributed by atoms with Gasteiger partial charge in [0.1, 0.15) is 0 Å². The van der Waals surface area contributed by atoms with Gasteiger partial charge < -0.3 is 10.2 Å². The molecule has 1 saturated carbocycles. The van der Waals surface area contributed by atoms with Crippen LogP contribution in [-0.2, 0) is 4.79 Å². The van der Waals surface area contributed by atoms with Gasteiger partial charge in [-0.3, -0.25) is 9.59 Å². The number of rotatable bonds is 3. The van der Waals surface area contributed by atoms with Crippen molar-refractivity contribution in [2.75, 3.05) is 13.1 Å². The van der Waals surface area contributed by atoms with E-state index in [0.717, 1.165) is 24.0 Å². The van der Waals surface area contributed by atoms with E-state index in [-0.39, 0.29) is 11.8 Å². The zero-order valence-corrected chi connectivity index (χ0v) is 12.3. The van der Waals surface area contributed by atoms with Crippen molar-refractivity contribution < 1.29 is 9.59 Å². The van der Waals surface area contributed by atoms with Crippen molar-refractivity contribution in [2.24, 2.45) is 0 Å². The molecule has 0 bridgehead atoms. The topological polar surface area (TPSA) is 49.4 Å². The van der Waals surface area contributed by atoms with E-state index in [4.69, 9.17) is 0 Å². The molecule has 1 aromatic carbocycles. The minimum Gasteiger partial charge on any atom is -0.350 e. The van der Waals surface area contributed by atoms with Crippen LogP contribution in [-0.4, -0.2) is 35.8 Å². The van der Waals surface area contributed by atoms with E-state index in [1.165, 1.54) is 0 Å². The summed E-state index contributed by atoms with van der Waals surface area (Å²) in [5.41, 5.74) is 2.61. The molecule has 0 spiro atoms. The van der Waals surface area contributed by atoms with Crippen molar-refractivity contribution in [3.63, 3.8) is 0 Å². The molecule has 1 aromatic rings. The number of carbonyl (C=O) groups is 2. The highest BCUT2D eigenvalue weighted by molar-refractivity contribution is 5.96. The van der Waals surface area contributed by atoms with Gasteiger partial charge in [0.2, 0.25) is 5.91 Å². The van der Waals surface area contributed by atoms with Crippen LogP contribution in [0.5, 0.6) is 0 Å². The van der Waals surface area contributed by atoms with E-state index in [1.807, 2.05) is 37.3 Å². The minimum atomic E-state index is 0.0385. The van der Waals surface area contributed by atoms with Crippen LogP contribution in [0.25, 0.3) is 0 Å². The van der Waals surface area contributed by atoms with Crippen molar-refractivity contribution in [1.29, 1.82) is 0 Å². The molecule has 2 aliphatic rings. The summed E-state index contributed by atoms with van der Waals surface area (Å²) in [6.45, 7) is 3.10. The van der Waals surface area contributed by atoms with Crippen molar-refractivity contribution in [2.45, 2.75) is 32.2 Å². The maximum atomic E-state index is 12.4. The molecule has 4 nitrogen and oxygen atoms in total. The van der Waals surface area contributed by atoms with Gasteiger partial charge in [0, 0.05) is 30.3 Å². The van der Waals surface area contributed by atoms with E-state index >= 15 is 0 Å². The number of aryl methyl sites for hydroxylation is 1. The Morgan fingerprint density at radius 3 is 2.71 bits per heavy atom. The number of nitrogens with zero attached hydrogens (tertiary/aromatic N) is 1. The lowest BCUT2D eigenvalue weighted by Gasteiger charge is -2.26. The quantitative estimate of drug-likeness (QED) is 0.923. The number of benzene rings is 1. The molecule has 21 heavy (non-hydrogen) atoms. The first kappa shape index (κ1) is 13.9. The highest BCUT2D eigenvalue weighted by atomic mass is 16.2. The first-order chi connectivity index (χ1) is 10.1. The molecule has 1 fully saturated rings. The summed E-state index contributed by atoms with van der Waals surface area (Å²) in [5.74, 6) is 0.0803. The Hall–Kier alpha value is -2.10. The summed E-state index contributed by atoms with van der Waals surface area (Å²) in [7, 11) is 0. The standard InChI is InChI=1S/C17H20N2O2/c1-12-3-2-4-14(11-12)17(21)19-9-7-13(8-10-19)16(20)18-15-5-6-15/h2-4,7,11,15H,5-6,8-10H2,1H3,(H,18,20). The van der Waals surface area contributed by atoms with Gasteiger partial charge in [0.25, 0.3) is 5.91 Å². The fourth-order valence-corrected chi connectivity index (χ4v) is 2.53. The number of hydrogen-bond donors (Lipinski definition) is 1. The predicted molar refractivity (Wildman–Crippen MR) is 80.9 cm³/mol. The molecule has 0 aromatic heterocycles. The smallest absolute Gasteiger partial charge is 0.254 e. The summed E-state index contributed by atoms with van der Waals surface area (Å²) in [4.78, 5) is 26.2. The summed E-state index contributed by atoms with van der Waals surface area (Å²) < 4.78 is 0. The molecule has 1 heterocycles. The Kier molecular flexibility index (Phi) is 3.78. The fourth-order valence-electron chi connectivity index (χ4n) is 2.53. The minimum absolute atomic E-state index is 0.0385. The third-order valence-corrected chi connectivity index (χ3v) is 3.97. The predicted octanol–water partition coefficient (Wildman–Crippen LogP) is 2.05. The largest absolute Gasteiger partial charge is 0.350 e. The molecule has 4 heteroatoms. The Morgan fingerprint density at radius 2 is 2.10 bits per heavy atom. The molecule has 3 rings (SSSR count). The van der Waals surface area contributed by atoms with Crippen LogP contribution < -0.4 is 5.32 Å². The van der Waals surface area contributed by atoms with Gasteiger partial charge in [0.05, 0.1) is 0 Å². The molecule has 0 saturated heterocycles. The second kappa shape index (κ2) is 5.72. The first-order valence-corrected chi connectivity index (χ1v) is 7.49. The molecule has 1 N–H and O–H groups in total. The van der Waals surface area contributed by atoms with Crippen LogP contribution in [0.15, 0.2) is 35.9 Å². The Balaban J connectivity index is 1.62. The van der Waals surface area contributed by atoms with E-state index in [0.29, 0.717) is 31.1 Å². The number of nitrogens with one attached hydrogen (secondary N) is 1. The molecule has 2 amide bonds. The average Bonchev–Trinajstić information content (AvgIpc) is 3.30. The van der Waals surface area contributed by atoms with Gasteiger partial charge in [-0.05, 0) is 38.3 Å². The SMILES string of the molecule is Cc1cccc(C(=O)N2CC=C(C(=O)NC3CC3)CC2)c1. The molecular formula is C17H20N2O2. The third-order valence-electron chi connectivity index (χ3n) is 3.97. The highest BCUT2D eigenvalue weighted by Crippen LogP contribution is 2.21. The lowest BCUT2D eigenvalue weighted by atomic mass is 10.1. The molecule has 1 aliphatic heterocycles. The summed E-state index contributed by atoms with van der Waals surface area (Å²) in [6.07, 6.45) is 4.71. The van der Waals surface area contributed by atoms with Gasteiger partial charge in [0.15, 0.2) is 0 Å². The van der Waals surface area contributed by atoms with Crippen molar-refractivity contribution >= 4 is 11.8 Å². The van der Waals surface area contributed by atoms with Gasteiger partial charge in [-0.2, -0.15) is 0 Å². The third kappa shape index (κ3) is 3.32. The van der Waals surface area contributed by atoms with E-state index < -0.39 is 0 Å². The van der Waals surface area contributed by atoms with Crippen LogP contribution in [0.2, 0.25) is 0 Å². The van der Waals surface area contributed by atoms with Crippen molar-refractivity contribution in [1.82, 2.24) is 10.2 Å². The fraction of sp³-hybridized carbons (Fsp3) is 0.412. The molecule has 110 valence electrons. The van der Waals surface area contributed by atoms with E-state index in [1.54, 1.807) is 4.90 Å². The van der Waals surface area contributed by atoms with Gasteiger partial charge in [-0.15, -0.1) is 0 Å². The molecule has 0 unspecified atom stereocenters. The van der Waals surface area contributed by atoms with Crippen LogP contribution >= 0.6 is 0 Å². The van der Waals surface area contributed by atoms with E-state index in [9.17, 15) is 9.59 Å². The van der Waals surface area contributed by atoms with Gasteiger partial charge in [-0.25, -0.2) is 0 Å². The van der Waals surface area contributed by atoms with Crippen LogP contribution in [0, 0.1) is 6.92 Å². The van der Waals surface area contributed by atoms with Crippen molar-refractivity contribution in [3.05, 3.63) is 47.0 Å². The number of amides is 2. The maximum Gasteiger partial charge on any atom is 0.254 e. The van der Waals surface area contributed by atoms with Crippen LogP contribution in [0.1, 0.15) is 35.2 Å². The molecular weight excluding hydrogens is 264 g/mol. The molecule has 0 radical (unpaired) electrons. The van der Waals surface area contributed by atoms with Crippen molar-refractivity contribution in [3.8, 4) is 0 Å². The Morgan fingerprint density at radius 1 is 1.29 bits per heavy atom. The second-order valence-electron chi connectivity index (χ2n) is 5.85.